The van der Waals surface area contributed by atoms with E-state index in [0.717, 1.165) is 48.2 Å². The van der Waals surface area contributed by atoms with E-state index in [9.17, 15) is 4.79 Å². The first-order valence-electron chi connectivity index (χ1n) is 7.25. The molecule has 1 atom stereocenters. The van der Waals surface area contributed by atoms with Gasteiger partial charge < -0.3 is 0 Å². The van der Waals surface area contributed by atoms with E-state index in [0.29, 0.717) is 0 Å². The van der Waals surface area contributed by atoms with Crippen molar-refractivity contribution in [2.45, 2.75) is 12.8 Å². The maximum absolute atomic E-state index is 11.4. The Morgan fingerprint density at radius 3 is 2.87 bits per heavy atom. The van der Waals surface area contributed by atoms with E-state index in [1.165, 1.54) is 12.7 Å². The van der Waals surface area contributed by atoms with Crippen LogP contribution in [0, 0.1) is 0 Å². The second kappa shape index (κ2) is 6.69. The summed E-state index contributed by atoms with van der Waals surface area (Å²) >= 11 is 0.719. The Morgan fingerprint density at radius 1 is 1.35 bits per heavy atom. The second-order valence-electron chi connectivity index (χ2n) is 5.37. The Hall–Kier alpha value is -1.90. The van der Waals surface area contributed by atoms with E-state index in [4.69, 9.17) is 0 Å². The molecule has 0 aliphatic rings. The number of nitrogens with one attached hydrogen (secondary N) is 1. The van der Waals surface area contributed by atoms with Crippen LogP contribution in [0.1, 0.15) is 24.1 Å². The predicted octanol–water partition coefficient (Wildman–Crippen LogP) is 3.30. The monoisotopic (exact) mass is 499 g/mol. The quantitative estimate of drug-likeness (QED) is 0.564. The van der Waals surface area contributed by atoms with Gasteiger partial charge in [0.2, 0.25) is 0 Å². The number of carbonyl (C=O) groups excluding carboxylic acids is 1. The summed E-state index contributed by atoms with van der Waals surface area (Å²) in [4.78, 5) is 15.9. The standard InChI is InChI=1S/C17H17N3O2.Tl/c1-11(16-9-18-10-19-16)14-5-3-4-12-6-7-13(8-15(12)14)20-17(21)22-2;/h3-11H,1-2H3,(H2,18,19,20,21);/q;+1/p-1. The fourth-order valence-corrected chi connectivity index (χ4v) is 3.51. The van der Waals surface area contributed by atoms with Gasteiger partial charge in [-0.25, -0.2) is 0 Å². The summed E-state index contributed by atoms with van der Waals surface area (Å²) in [5.41, 5.74) is 2.98. The number of anilines is 1. The van der Waals surface area contributed by atoms with Gasteiger partial charge in [0, 0.05) is 0 Å². The van der Waals surface area contributed by atoms with Crippen LogP contribution in [0.3, 0.4) is 0 Å². The number of methoxy groups -OCH3 is 1. The number of nitrogens with zero attached hydrogens (tertiary/aromatic N) is 2. The van der Waals surface area contributed by atoms with Crippen molar-refractivity contribution < 1.29 is 9.53 Å². The van der Waals surface area contributed by atoms with Crippen molar-refractivity contribution in [3.63, 3.8) is 0 Å². The van der Waals surface area contributed by atoms with Crippen molar-refractivity contribution in [3.05, 3.63) is 60.2 Å². The van der Waals surface area contributed by atoms with Gasteiger partial charge >= 0.3 is 151 Å². The number of imidazole rings is 1. The molecule has 1 aromatic heterocycles. The fourth-order valence-electron chi connectivity index (χ4n) is 2.66. The van der Waals surface area contributed by atoms with E-state index in [1.54, 1.807) is 0 Å². The van der Waals surface area contributed by atoms with Crippen LogP contribution < -0.4 is 5.32 Å². The maximum atomic E-state index is 11.4. The number of rotatable bonds is 3. The minimum atomic E-state index is -0.467. The SMILES string of the molecule is COC(=O)Nc1ccc2cccc(C(C)c3c[n]([Tl])cn3)c2c1. The molecule has 0 bridgehead atoms. The molecule has 0 radical (unpaired) electrons. The molecule has 6 heteroatoms. The van der Waals surface area contributed by atoms with Crippen LogP contribution in [-0.2, 0) is 4.74 Å². The molecule has 0 fully saturated rings. The van der Waals surface area contributed by atoms with Gasteiger partial charge in [0.15, 0.2) is 0 Å². The van der Waals surface area contributed by atoms with Gasteiger partial charge in [-0.2, -0.15) is 0 Å². The van der Waals surface area contributed by atoms with Crippen molar-refractivity contribution in [1.29, 1.82) is 0 Å². The van der Waals surface area contributed by atoms with Crippen LogP contribution in [0.4, 0.5) is 10.5 Å². The molecule has 0 saturated carbocycles. The van der Waals surface area contributed by atoms with Crippen LogP contribution in [0.15, 0.2) is 48.9 Å². The van der Waals surface area contributed by atoms with Gasteiger partial charge in [0.1, 0.15) is 0 Å². The van der Waals surface area contributed by atoms with E-state index in [1.807, 2.05) is 24.5 Å². The zero-order valence-electron chi connectivity index (χ0n) is 13.0. The Balaban J connectivity index is 2.05. The van der Waals surface area contributed by atoms with Crippen molar-refractivity contribution >= 4 is 48.6 Å². The molecule has 1 unspecified atom stereocenters. The van der Waals surface area contributed by atoms with Gasteiger partial charge in [-0.3, -0.25) is 0 Å². The van der Waals surface area contributed by atoms with Crippen molar-refractivity contribution in [2.24, 2.45) is 0 Å². The first-order chi connectivity index (χ1) is 11.1. The summed E-state index contributed by atoms with van der Waals surface area (Å²) < 4.78 is 6.77. The summed E-state index contributed by atoms with van der Waals surface area (Å²) in [5, 5.41) is 4.97. The predicted molar refractivity (Wildman–Crippen MR) is 90.9 cm³/mol. The third-order valence-electron chi connectivity index (χ3n) is 3.88. The first-order valence-corrected chi connectivity index (χ1v) is 9.26. The van der Waals surface area contributed by atoms with Crippen molar-refractivity contribution in [2.75, 3.05) is 12.4 Å². The molecule has 23 heavy (non-hydrogen) atoms. The second-order valence-corrected chi connectivity index (χ2v) is 7.69. The number of ether oxygens (including phenoxy) is 1. The number of hydrogen-bond donors (Lipinski definition) is 1. The molecule has 114 valence electrons. The summed E-state index contributed by atoms with van der Waals surface area (Å²) in [5.74, 6) is 0.187. The number of hydrogen-bond acceptors (Lipinski definition) is 3. The van der Waals surface area contributed by atoms with Crippen molar-refractivity contribution in [3.8, 4) is 0 Å². The van der Waals surface area contributed by atoms with Crippen LogP contribution in [0.2, 0.25) is 0 Å². The number of aromatic nitrogens is 2. The molecular weight excluding hydrogens is 483 g/mol. The Kier molecular flexibility index (Phi) is 4.65. The molecule has 0 saturated heterocycles. The molecular formula is C17H16N3O2Tl. The molecule has 0 aliphatic carbocycles. The molecule has 1 amide bonds. The molecule has 2 aromatic carbocycles. The molecule has 5 nitrogen and oxygen atoms in total. The fraction of sp³-hybridized carbons (Fsp3) is 0.176. The molecule has 0 aliphatic heterocycles. The minimum absolute atomic E-state index is 0.187. The zero-order valence-corrected chi connectivity index (χ0v) is 17.5. The van der Waals surface area contributed by atoms with Gasteiger partial charge in [-0.05, 0) is 0 Å². The number of fused-ring (bicyclic) bond motifs is 1. The summed E-state index contributed by atoms with van der Waals surface area (Å²) in [6, 6.07) is 12.1. The first kappa shape index (κ1) is 16.0. The van der Waals surface area contributed by atoms with Gasteiger partial charge in [0.05, 0.1) is 0 Å². The Morgan fingerprint density at radius 2 is 2.17 bits per heavy atom. The topological polar surface area (TPSA) is 56.1 Å². The molecule has 3 rings (SSSR count). The van der Waals surface area contributed by atoms with Crippen LogP contribution >= 0.6 is 0 Å². The molecule has 1 heterocycles. The molecule has 0 spiro atoms. The van der Waals surface area contributed by atoms with E-state index >= 15 is 0 Å². The Bertz CT molecular complexity index is 860. The van der Waals surface area contributed by atoms with Crippen molar-refractivity contribution in [1.82, 2.24) is 7.36 Å². The van der Waals surface area contributed by atoms with Crippen LogP contribution in [0.25, 0.3) is 10.8 Å². The zero-order chi connectivity index (χ0) is 16.4. The average Bonchev–Trinajstić information content (AvgIpc) is 3.00. The third-order valence-corrected chi connectivity index (χ3v) is 4.98. The third kappa shape index (κ3) is 3.39. The number of benzene rings is 2. The van der Waals surface area contributed by atoms with Gasteiger partial charge in [0.25, 0.3) is 0 Å². The van der Waals surface area contributed by atoms with Gasteiger partial charge in [-0.1, -0.05) is 0 Å². The summed E-state index contributed by atoms with van der Waals surface area (Å²) in [6.07, 6.45) is 3.52. The van der Waals surface area contributed by atoms with E-state index in [-0.39, 0.29) is 5.92 Å². The van der Waals surface area contributed by atoms with Gasteiger partial charge in [-0.15, -0.1) is 0 Å². The summed E-state index contributed by atoms with van der Waals surface area (Å²) in [7, 11) is 1.36. The van der Waals surface area contributed by atoms with Crippen LogP contribution in [0.5, 0.6) is 0 Å². The van der Waals surface area contributed by atoms with Crippen LogP contribution in [-0.4, -0.2) is 46.6 Å². The molecule has 1 N–H and O–H groups in total. The number of amides is 1. The molecule has 3 aromatic rings. The Labute approximate surface area is 150 Å². The number of carbonyl (C=O) groups is 1. The summed E-state index contributed by atoms with van der Waals surface area (Å²) in [6.45, 7) is 2.15. The average molecular weight is 499 g/mol. The van der Waals surface area contributed by atoms with E-state index < -0.39 is 6.09 Å². The normalized spacial score (nSPS) is 12.0. The van der Waals surface area contributed by atoms with E-state index in [2.05, 4.69) is 48.7 Å².